The summed E-state index contributed by atoms with van der Waals surface area (Å²) >= 11 is 4.88. The first-order valence-corrected chi connectivity index (χ1v) is 8.58. The molecule has 0 saturated carbocycles. The van der Waals surface area contributed by atoms with Crippen LogP contribution in [0.15, 0.2) is 27.8 Å². The first-order chi connectivity index (χ1) is 9.22. The molecule has 4 nitrogen and oxygen atoms in total. The van der Waals surface area contributed by atoms with Crippen molar-refractivity contribution in [2.75, 3.05) is 0 Å². The molecule has 0 saturated heterocycles. The Morgan fingerprint density at radius 1 is 1.26 bits per heavy atom. The highest BCUT2D eigenvalue weighted by molar-refractivity contribution is 7.97. The number of nitrogens with zero attached hydrogens (tertiary/aromatic N) is 3. The maximum absolute atomic E-state index is 11.8. The van der Waals surface area contributed by atoms with E-state index >= 15 is 0 Å². The van der Waals surface area contributed by atoms with Crippen LogP contribution in [0, 0.1) is 6.92 Å². The Morgan fingerprint density at radius 3 is 2.89 bits per heavy atom. The molecule has 0 amide bonds. The second-order valence-electron chi connectivity index (χ2n) is 3.99. The van der Waals surface area contributed by atoms with E-state index in [4.69, 9.17) is 0 Å². The minimum absolute atomic E-state index is 0.00801. The summed E-state index contributed by atoms with van der Waals surface area (Å²) < 4.78 is 1.57. The Labute approximate surface area is 122 Å². The molecule has 19 heavy (non-hydrogen) atoms. The van der Waals surface area contributed by atoms with E-state index in [0.717, 1.165) is 32.9 Å². The van der Waals surface area contributed by atoms with Gasteiger partial charge in [-0.25, -0.2) is 9.97 Å². The normalized spacial score (nSPS) is 11.2. The molecule has 3 heterocycles. The number of rotatable bonds is 4. The van der Waals surface area contributed by atoms with Crippen LogP contribution in [-0.2, 0) is 11.5 Å². The van der Waals surface area contributed by atoms with Gasteiger partial charge in [0.2, 0.25) is 0 Å². The van der Waals surface area contributed by atoms with Gasteiger partial charge in [0.1, 0.15) is 0 Å². The lowest BCUT2D eigenvalue weighted by Gasteiger charge is -2.00. The monoisotopic (exact) mass is 309 g/mol. The maximum atomic E-state index is 11.8. The van der Waals surface area contributed by atoms with Crippen LogP contribution in [0.2, 0.25) is 0 Å². The molecule has 0 aliphatic heterocycles. The van der Waals surface area contributed by atoms with Gasteiger partial charge in [-0.05, 0) is 6.92 Å². The van der Waals surface area contributed by atoms with Crippen molar-refractivity contribution in [3.8, 4) is 0 Å². The van der Waals surface area contributed by atoms with Crippen LogP contribution in [0.4, 0.5) is 0 Å². The van der Waals surface area contributed by atoms with Gasteiger partial charge >= 0.3 is 0 Å². The number of thioether (sulfide) groups is 1. The third-order valence-corrected chi connectivity index (χ3v) is 5.10. The quantitative estimate of drug-likeness (QED) is 0.743. The van der Waals surface area contributed by atoms with E-state index in [1.807, 2.05) is 12.3 Å². The Morgan fingerprint density at radius 2 is 2.11 bits per heavy atom. The minimum Gasteiger partial charge on any atom is -0.269 e. The Kier molecular flexibility index (Phi) is 3.67. The summed E-state index contributed by atoms with van der Waals surface area (Å²) in [6, 6.07) is 1.61. The molecule has 3 rings (SSSR count). The summed E-state index contributed by atoms with van der Waals surface area (Å²) in [6.07, 6.45) is 1.75. The molecule has 0 aliphatic carbocycles. The van der Waals surface area contributed by atoms with E-state index in [1.54, 1.807) is 39.8 Å². The lowest BCUT2D eigenvalue weighted by molar-refractivity contribution is 1.04. The topological polar surface area (TPSA) is 47.3 Å². The van der Waals surface area contributed by atoms with Crippen molar-refractivity contribution in [3.63, 3.8) is 0 Å². The molecule has 0 radical (unpaired) electrons. The number of thiazole rings is 2. The fourth-order valence-electron chi connectivity index (χ4n) is 1.70. The van der Waals surface area contributed by atoms with Crippen LogP contribution < -0.4 is 5.56 Å². The fourth-order valence-corrected chi connectivity index (χ4v) is 3.97. The Balaban J connectivity index is 1.69. The highest BCUT2D eigenvalue weighted by atomic mass is 32.2. The highest BCUT2D eigenvalue weighted by Crippen LogP contribution is 2.18. The standard InChI is InChI=1S/C12H11N3OS3/c1-8-13-10(7-19-8)6-17-5-9-4-11(16)15-2-3-18-12(15)14-9/h2-4,7H,5-6H2,1H3. The second-order valence-corrected chi connectivity index (χ2v) is 6.91. The van der Waals surface area contributed by atoms with E-state index in [-0.39, 0.29) is 5.56 Å². The molecular weight excluding hydrogens is 298 g/mol. The summed E-state index contributed by atoms with van der Waals surface area (Å²) in [4.78, 5) is 21.5. The number of aryl methyl sites for hydroxylation is 1. The zero-order valence-electron chi connectivity index (χ0n) is 10.2. The van der Waals surface area contributed by atoms with Crippen LogP contribution in [0.3, 0.4) is 0 Å². The lowest BCUT2D eigenvalue weighted by Crippen LogP contribution is -2.12. The highest BCUT2D eigenvalue weighted by Gasteiger charge is 2.04. The molecule has 0 fully saturated rings. The number of fused-ring (bicyclic) bond motifs is 1. The van der Waals surface area contributed by atoms with Gasteiger partial charge in [0.25, 0.3) is 5.56 Å². The third kappa shape index (κ3) is 2.88. The molecule has 0 unspecified atom stereocenters. The van der Waals surface area contributed by atoms with Gasteiger partial charge in [0.15, 0.2) is 4.96 Å². The second kappa shape index (κ2) is 5.44. The third-order valence-electron chi connectivity index (χ3n) is 2.52. The molecule has 98 valence electrons. The first kappa shape index (κ1) is 12.8. The molecule has 7 heteroatoms. The van der Waals surface area contributed by atoms with Crippen molar-refractivity contribution in [1.29, 1.82) is 0 Å². The fraction of sp³-hybridized carbons (Fsp3) is 0.250. The smallest absolute Gasteiger partial charge is 0.258 e. The number of hydrogen-bond acceptors (Lipinski definition) is 6. The predicted molar refractivity (Wildman–Crippen MR) is 81.2 cm³/mol. The first-order valence-electron chi connectivity index (χ1n) is 5.67. The molecule has 0 spiro atoms. The summed E-state index contributed by atoms with van der Waals surface area (Å²) in [7, 11) is 0. The number of hydrogen-bond donors (Lipinski definition) is 0. The van der Waals surface area contributed by atoms with Crippen LogP contribution in [0.1, 0.15) is 16.4 Å². The van der Waals surface area contributed by atoms with Gasteiger partial charge in [0, 0.05) is 34.5 Å². The van der Waals surface area contributed by atoms with E-state index < -0.39 is 0 Å². The van der Waals surface area contributed by atoms with Gasteiger partial charge in [-0.3, -0.25) is 9.20 Å². The maximum Gasteiger partial charge on any atom is 0.258 e. The Bertz CT molecular complexity index is 759. The molecule has 0 atom stereocenters. The van der Waals surface area contributed by atoms with E-state index in [1.165, 1.54) is 11.3 Å². The average molecular weight is 309 g/mol. The molecule has 0 bridgehead atoms. The van der Waals surface area contributed by atoms with Crippen molar-refractivity contribution in [3.05, 3.63) is 49.8 Å². The Hall–Kier alpha value is -1.18. The molecule has 0 N–H and O–H groups in total. The number of aromatic nitrogens is 3. The van der Waals surface area contributed by atoms with Crippen LogP contribution >= 0.6 is 34.4 Å². The van der Waals surface area contributed by atoms with E-state index in [2.05, 4.69) is 15.3 Å². The van der Waals surface area contributed by atoms with Gasteiger partial charge in [-0.2, -0.15) is 0 Å². The van der Waals surface area contributed by atoms with Gasteiger partial charge in [-0.1, -0.05) is 0 Å². The average Bonchev–Trinajstić information content (AvgIpc) is 2.98. The SMILES string of the molecule is Cc1nc(CSCc2cc(=O)n3ccsc3n2)cs1. The summed E-state index contributed by atoms with van der Waals surface area (Å²) in [6.45, 7) is 2.01. The van der Waals surface area contributed by atoms with Gasteiger partial charge in [0.05, 0.1) is 16.4 Å². The van der Waals surface area contributed by atoms with Crippen molar-refractivity contribution in [1.82, 2.24) is 14.4 Å². The summed E-state index contributed by atoms with van der Waals surface area (Å²) in [5, 5.41) is 5.04. The predicted octanol–water partition coefficient (Wildman–Crippen LogP) is 2.95. The zero-order chi connectivity index (χ0) is 13.2. The van der Waals surface area contributed by atoms with Gasteiger partial charge < -0.3 is 0 Å². The van der Waals surface area contributed by atoms with Crippen LogP contribution in [0.5, 0.6) is 0 Å². The summed E-state index contributed by atoms with van der Waals surface area (Å²) in [5.74, 6) is 1.59. The molecule has 0 aromatic carbocycles. The van der Waals surface area contributed by atoms with E-state index in [9.17, 15) is 4.79 Å². The van der Waals surface area contributed by atoms with Crippen LogP contribution in [0.25, 0.3) is 4.96 Å². The summed E-state index contributed by atoms with van der Waals surface area (Å²) in [5.41, 5.74) is 1.93. The van der Waals surface area contributed by atoms with Crippen molar-refractivity contribution < 1.29 is 0 Å². The molecule has 3 aromatic heterocycles. The molecule has 0 aliphatic rings. The lowest BCUT2D eigenvalue weighted by atomic mass is 10.4. The van der Waals surface area contributed by atoms with Crippen LogP contribution in [-0.4, -0.2) is 14.4 Å². The largest absolute Gasteiger partial charge is 0.269 e. The van der Waals surface area contributed by atoms with Crippen molar-refractivity contribution >= 4 is 39.4 Å². The van der Waals surface area contributed by atoms with Crippen molar-refractivity contribution in [2.24, 2.45) is 0 Å². The van der Waals surface area contributed by atoms with Gasteiger partial charge in [-0.15, -0.1) is 34.4 Å². The minimum atomic E-state index is -0.00801. The molecule has 3 aromatic rings. The van der Waals surface area contributed by atoms with E-state index in [0.29, 0.717) is 0 Å². The molecular formula is C12H11N3OS3. The zero-order valence-corrected chi connectivity index (χ0v) is 12.6. The van der Waals surface area contributed by atoms with Crippen molar-refractivity contribution in [2.45, 2.75) is 18.4 Å².